The number of aromatic amines is 1. The Morgan fingerprint density at radius 1 is 1.09 bits per heavy atom. The third-order valence-corrected chi connectivity index (χ3v) is 5.00. The second-order valence-electron chi connectivity index (χ2n) is 5.15. The summed E-state index contributed by atoms with van der Waals surface area (Å²) in [5, 5.41) is 1.17. The molecule has 0 fully saturated rings. The predicted octanol–water partition coefficient (Wildman–Crippen LogP) is 3.29. The molecule has 0 atom stereocenters. The second kappa shape index (κ2) is 5.72. The van der Waals surface area contributed by atoms with Crippen molar-refractivity contribution in [3.8, 4) is 0 Å². The Kier molecular flexibility index (Phi) is 3.87. The Morgan fingerprint density at radius 3 is 2.61 bits per heavy atom. The first-order valence-electron chi connectivity index (χ1n) is 6.77. The Labute approximate surface area is 138 Å². The van der Waals surface area contributed by atoms with Gasteiger partial charge in [0.25, 0.3) is 15.6 Å². The van der Waals surface area contributed by atoms with Crippen LogP contribution >= 0.6 is 11.6 Å². The highest BCUT2D eigenvalue weighted by molar-refractivity contribution is 7.92. The van der Waals surface area contributed by atoms with Crippen LogP contribution in [0.3, 0.4) is 0 Å². The lowest BCUT2D eigenvalue weighted by molar-refractivity contribution is 0.601. The van der Waals surface area contributed by atoms with Crippen molar-refractivity contribution in [2.75, 3.05) is 4.72 Å². The average molecular weight is 349 g/mol. The van der Waals surface area contributed by atoms with Crippen molar-refractivity contribution in [2.24, 2.45) is 0 Å². The number of aromatic nitrogens is 1. The summed E-state index contributed by atoms with van der Waals surface area (Å²) in [5.74, 6) is 0. The molecule has 118 valence electrons. The van der Waals surface area contributed by atoms with Gasteiger partial charge in [0, 0.05) is 10.6 Å². The molecule has 2 N–H and O–H groups in total. The highest BCUT2D eigenvalue weighted by atomic mass is 35.5. The standard InChI is InChI=1S/C16H13ClN2O3S/c1-10-7-11-5-6-13(9-15(11)18-16(10)20)19-23(21,22)14-4-2-3-12(17)8-14/h2-9,19H,1H3,(H,18,20). The number of hydrogen-bond acceptors (Lipinski definition) is 3. The molecule has 5 nitrogen and oxygen atoms in total. The van der Waals surface area contributed by atoms with Gasteiger partial charge in [-0.1, -0.05) is 23.7 Å². The zero-order valence-corrected chi connectivity index (χ0v) is 13.7. The molecule has 3 aromatic rings. The molecular weight excluding hydrogens is 336 g/mol. The van der Waals surface area contributed by atoms with E-state index in [1.165, 1.54) is 12.1 Å². The molecule has 0 bridgehead atoms. The number of rotatable bonds is 3. The van der Waals surface area contributed by atoms with E-state index in [0.29, 0.717) is 21.8 Å². The smallest absolute Gasteiger partial charge is 0.261 e. The number of aryl methyl sites for hydroxylation is 1. The van der Waals surface area contributed by atoms with E-state index in [1.807, 2.05) is 0 Å². The van der Waals surface area contributed by atoms with Crippen molar-refractivity contribution in [1.82, 2.24) is 4.98 Å². The minimum Gasteiger partial charge on any atom is -0.322 e. The van der Waals surface area contributed by atoms with E-state index < -0.39 is 10.0 Å². The van der Waals surface area contributed by atoms with E-state index >= 15 is 0 Å². The summed E-state index contributed by atoms with van der Waals surface area (Å²) >= 11 is 5.83. The molecule has 0 aliphatic rings. The summed E-state index contributed by atoms with van der Waals surface area (Å²) in [4.78, 5) is 14.5. The number of halogens is 1. The molecular formula is C16H13ClN2O3S. The van der Waals surface area contributed by atoms with E-state index in [0.717, 1.165) is 5.39 Å². The number of fused-ring (bicyclic) bond motifs is 1. The molecule has 3 rings (SSSR count). The van der Waals surface area contributed by atoms with Gasteiger partial charge in [0.2, 0.25) is 0 Å². The van der Waals surface area contributed by atoms with Gasteiger partial charge in [0.1, 0.15) is 0 Å². The molecule has 0 amide bonds. The molecule has 0 aliphatic carbocycles. The summed E-state index contributed by atoms with van der Waals surface area (Å²) in [6.45, 7) is 1.72. The minimum absolute atomic E-state index is 0.0718. The van der Waals surface area contributed by atoms with Crippen LogP contribution in [0.25, 0.3) is 10.9 Å². The van der Waals surface area contributed by atoms with Crippen molar-refractivity contribution in [2.45, 2.75) is 11.8 Å². The molecule has 0 saturated heterocycles. The maximum Gasteiger partial charge on any atom is 0.261 e. The Balaban J connectivity index is 2.01. The van der Waals surface area contributed by atoms with Crippen molar-refractivity contribution >= 4 is 38.2 Å². The number of benzene rings is 2. The lowest BCUT2D eigenvalue weighted by atomic mass is 10.1. The molecule has 0 radical (unpaired) electrons. The third-order valence-electron chi connectivity index (χ3n) is 3.39. The minimum atomic E-state index is -3.75. The highest BCUT2D eigenvalue weighted by Crippen LogP contribution is 2.22. The maximum absolute atomic E-state index is 12.4. The average Bonchev–Trinajstić information content (AvgIpc) is 2.48. The summed E-state index contributed by atoms with van der Waals surface area (Å²) in [7, 11) is -3.75. The Hall–Kier alpha value is -2.31. The van der Waals surface area contributed by atoms with Crippen molar-refractivity contribution in [3.05, 3.63) is 69.5 Å². The van der Waals surface area contributed by atoms with Crippen molar-refractivity contribution in [3.63, 3.8) is 0 Å². The second-order valence-corrected chi connectivity index (χ2v) is 7.27. The van der Waals surface area contributed by atoms with Crippen LogP contribution in [0, 0.1) is 6.92 Å². The fraction of sp³-hybridized carbons (Fsp3) is 0.0625. The van der Waals surface area contributed by atoms with Crippen LogP contribution in [-0.2, 0) is 10.0 Å². The zero-order valence-electron chi connectivity index (χ0n) is 12.1. The molecule has 1 aromatic heterocycles. The molecule has 0 aliphatic heterocycles. The van der Waals surface area contributed by atoms with Crippen LogP contribution in [0.5, 0.6) is 0 Å². The fourth-order valence-corrected chi connectivity index (χ4v) is 3.57. The number of anilines is 1. The van der Waals surface area contributed by atoms with Gasteiger partial charge >= 0.3 is 0 Å². The van der Waals surface area contributed by atoms with Crippen LogP contribution in [-0.4, -0.2) is 13.4 Å². The summed E-state index contributed by atoms with van der Waals surface area (Å²) in [6, 6.07) is 12.7. The van der Waals surface area contributed by atoms with Crippen molar-refractivity contribution in [1.29, 1.82) is 0 Å². The van der Waals surface area contributed by atoms with Gasteiger partial charge in [-0.05, 0) is 48.7 Å². The number of nitrogens with one attached hydrogen (secondary N) is 2. The highest BCUT2D eigenvalue weighted by Gasteiger charge is 2.14. The summed E-state index contributed by atoms with van der Waals surface area (Å²) in [5.41, 5.74) is 1.32. The largest absolute Gasteiger partial charge is 0.322 e. The predicted molar refractivity (Wildman–Crippen MR) is 91.6 cm³/mol. The van der Waals surface area contributed by atoms with E-state index in [9.17, 15) is 13.2 Å². The number of sulfonamides is 1. The van der Waals surface area contributed by atoms with Gasteiger partial charge < -0.3 is 4.98 Å². The van der Waals surface area contributed by atoms with Crippen LogP contribution in [0.1, 0.15) is 5.56 Å². The van der Waals surface area contributed by atoms with Gasteiger partial charge in [0.05, 0.1) is 16.1 Å². The van der Waals surface area contributed by atoms with Gasteiger partial charge in [0.15, 0.2) is 0 Å². The van der Waals surface area contributed by atoms with Gasteiger partial charge in [-0.15, -0.1) is 0 Å². The summed E-state index contributed by atoms with van der Waals surface area (Å²) < 4.78 is 27.2. The first kappa shape index (κ1) is 15.6. The van der Waals surface area contributed by atoms with Gasteiger partial charge in [-0.25, -0.2) is 8.42 Å². The van der Waals surface area contributed by atoms with Gasteiger partial charge in [-0.2, -0.15) is 0 Å². The monoisotopic (exact) mass is 348 g/mol. The molecule has 23 heavy (non-hydrogen) atoms. The first-order chi connectivity index (χ1) is 10.8. The molecule has 2 aromatic carbocycles. The molecule has 0 unspecified atom stereocenters. The molecule has 0 saturated carbocycles. The lowest BCUT2D eigenvalue weighted by Gasteiger charge is -2.09. The zero-order chi connectivity index (χ0) is 16.6. The van der Waals surface area contributed by atoms with Crippen LogP contribution in [0.2, 0.25) is 5.02 Å². The summed E-state index contributed by atoms with van der Waals surface area (Å²) in [6.07, 6.45) is 0. The van der Waals surface area contributed by atoms with E-state index in [1.54, 1.807) is 43.3 Å². The van der Waals surface area contributed by atoms with E-state index in [4.69, 9.17) is 11.6 Å². The first-order valence-corrected chi connectivity index (χ1v) is 8.63. The Morgan fingerprint density at radius 2 is 1.87 bits per heavy atom. The third kappa shape index (κ3) is 3.23. The quantitative estimate of drug-likeness (QED) is 0.762. The Bertz CT molecular complexity index is 1060. The topological polar surface area (TPSA) is 79.0 Å². The van der Waals surface area contributed by atoms with Crippen molar-refractivity contribution < 1.29 is 8.42 Å². The van der Waals surface area contributed by atoms with E-state index in [-0.39, 0.29) is 10.5 Å². The number of H-pyrrole nitrogens is 1. The number of pyridine rings is 1. The molecule has 1 heterocycles. The normalized spacial score (nSPS) is 11.6. The molecule has 0 spiro atoms. The van der Waals surface area contributed by atoms with Crippen LogP contribution in [0.15, 0.2) is 58.2 Å². The lowest BCUT2D eigenvalue weighted by Crippen LogP contribution is -2.13. The fourth-order valence-electron chi connectivity index (χ4n) is 2.22. The molecule has 7 heteroatoms. The SMILES string of the molecule is Cc1cc2ccc(NS(=O)(=O)c3cccc(Cl)c3)cc2[nH]c1=O. The maximum atomic E-state index is 12.4. The van der Waals surface area contributed by atoms with Crippen LogP contribution < -0.4 is 10.3 Å². The van der Waals surface area contributed by atoms with Gasteiger partial charge in [-0.3, -0.25) is 9.52 Å². The van der Waals surface area contributed by atoms with E-state index in [2.05, 4.69) is 9.71 Å². The number of hydrogen-bond donors (Lipinski definition) is 2. The van der Waals surface area contributed by atoms with Crippen LogP contribution in [0.4, 0.5) is 5.69 Å².